The highest BCUT2D eigenvalue weighted by Crippen LogP contribution is 2.17. The van der Waals surface area contributed by atoms with Gasteiger partial charge in [-0.1, -0.05) is 25.4 Å². The topological polar surface area (TPSA) is 88.5 Å². The Hall–Kier alpha value is -1.66. The number of amides is 1. The van der Waals surface area contributed by atoms with E-state index >= 15 is 0 Å². The smallest absolute Gasteiger partial charge is 0.326 e. The first-order chi connectivity index (χ1) is 9.85. The van der Waals surface area contributed by atoms with E-state index in [2.05, 4.69) is 10.3 Å². The van der Waals surface area contributed by atoms with E-state index in [1.54, 1.807) is 6.07 Å². The molecule has 0 fully saturated rings. The second kappa shape index (κ2) is 7.95. The van der Waals surface area contributed by atoms with Crippen LogP contribution in [0.15, 0.2) is 12.1 Å². The maximum absolute atomic E-state index is 12.1. The van der Waals surface area contributed by atoms with Crippen molar-refractivity contribution in [3.63, 3.8) is 0 Å². The van der Waals surface area contributed by atoms with Gasteiger partial charge in [-0.3, -0.25) is 4.79 Å². The molecule has 116 valence electrons. The highest BCUT2D eigenvalue weighted by atomic mass is 35.5. The summed E-state index contributed by atoms with van der Waals surface area (Å²) in [5, 5.41) is 11.7. The fraction of sp³-hybridized carbons (Fsp3) is 0.500. The average Bonchev–Trinajstić information content (AvgIpc) is 2.42. The predicted octanol–water partition coefficient (Wildman–Crippen LogP) is 2.08. The molecule has 0 saturated carbocycles. The number of nitrogens with one attached hydrogen (secondary N) is 1. The molecule has 1 amide bonds. The Balaban J connectivity index is 2.89. The Morgan fingerprint density at radius 2 is 2.10 bits per heavy atom. The summed E-state index contributed by atoms with van der Waals surface area (Å²) in [5.41, 5.74) is 0.971. The number of pyridine rings is 1. The van der Waals surface area contributed by atoms with E-state index in [1.165, 1.54) is 13.2 Å². The number of nitrogens with zero attached hydrogens (tertiary/aromatic N) is 1. The number of carbonyl (C=O) groups excluding carboxylic acids is 1. The highest BCUT2D eigenvalue weighted by molar-refractivity contribution is 6.29. The number of carbonyl (C=O) groups is 2. The van der Waals surface area contributed by atoms with E-state index in [0.29, 0.717) is 11.3 Å². The third-order valence-corrected chi connectivity index (χ3v) is 3.08. The van der Waals surface area contributed by atoms with Gasteiger partial charge in [-0.05, 0) is 18.1 Å². The lowest BCUT2D eigenvalue weighted by molar-refractivity contribution is -0.139. The number of rotatable bonds is 7. The van der Waals surface area contributed by atoms with Crippen LogP contribution in [0.3, 0.4) is 0 Å². The van der Waals surface area contributed by atoms with Crippen LogP contribution in [0.2, 0.25) is 5.15 Å². The summed E-state index contributed by atoms with van der Waals surface area (Å²) >= 11 is 5.89. The standard InChI is InChI=1S/C14H19ClN2O4/c1-8(2)11-6-9(7-12(15)16-11)13(18)17-10(14(19)20)4-5-21-3/h6-8,10H,4-5H2,1-3H3,(H,17,18)(H,19,20). The monoisotopic (exact) mass is 314 g/mol. The minimum atomic E-state index is -1.11. The number of aliphatic carboxylic acids is 1. The van der Waals surface area contributed by atoms with E-state index < -0.39 is 17.9 Å². The molecule has 0 aliphatic carbocycles. The molecule has 6 nitrogen and oxygen atoms in total. The molecule has 0 spiro atoms. The molecule has 0 bridgehead atoms. The molecular weight excluding hydrogens is 296 g/mol. The fourth-order valence-electron chi connectivity index (χ4n) is 1.68. The fourth-order valence-corrected chi connectivity index (χ4v) is 1.89. The van der Waals surface area contributed by atoms with Gasteiger partial charge in [0.15, 0.2) is 0 Å². The first kappa shape index (κ1) is 17.4. The molecule has 0 aromatic carbocycles. The number of methoxy groups -OCH3 is 1. The summed E-state index contributed by atoms with van der Waals surface area (Å²) in [6, 6.07) is 2.02. The van der Waals surface area contributed by atoms with E-state index in [1.807, 2.05) is 13.8 Å². The van der Waals surface area contributed by atoms with Crippen molar-refractivity contribution < 1.29 is 19.4 Å². The summed E-state index contributed by atoms with van der Waals surface area (Å²) in [4.78, 5) is 27.4. The Morgan fingerprint density at radius 3 is 2.62 bits per heavy atom. The van der Waals surface area contributed by atoms with Crippen LogP contribution in [0.25, 0.3) is 0 Å². The summed E-state index contributed by atoms with van der Waals surface area (Å²) in [7, 11) is 1.47. The molecule has 1 atom stereocenters. The van der Waals surface area contributed by atoms with Gasteiger partial charge in [0.25, 0.3) is 5.91 Å². The van der Waals surface area contributed by atoms with E-state index in [-0.39, 0.29) is 24.1 Å². The van der Waals surface area contributed by atoms with Crippen LogP contribution >= 0.6 is 11.6 Å². The highest BCUT2D eigenvalue weighted by Gasteiger charge is 2.21. The van der Waals surface area contributed by atoms with Crippen molar-refractivity contribution in [3.8, 4) is 0 Å². The largest absolute Gasteiger partial charge is 0.480 e. The van der Waals surface area contributed by atoms with Gasteiger partial charge in [0.1, 0.15) is 11.2 Å². The van der Waals surface area contributed by atoms with Gasteiger partial charge < -0.3 is 15.2 Å². The molecule has 1 unspecified atom stereocenters. The Morgan fingerprint density at radius 1 is 1.43 bits per heavy atom. The Kier molecular flexibility index (Phi) is 6.58. The van der Waals surface area contributed by atoms with Crippen LogP contribution in [0.4, 0.5) is 0 Å². The van der Waals surface area contributed by atoms with E-state index in [9.17, 15) is 9.59 Å². The van der Waals surface area contributed by atoms with Gasteiger partial charge in [-0.25, -0.2) is 9.78 Å². The zero-order chi connectivity index (χ0) is 16.0. The number of hydrogen-bond acceptors (Lipinski definition) is 4. The van der Waals surface area contributed by atoms with Crippen LogP contribution in [0.1, 0.15) is 42.2 Å². The molecule has 1 aromatic heterocycles. The van der Waals surface area contributed by atoms with Gasteiger partial charge in [-0.15, -0.1) is 0 Å². The number of aromatic nitrogens is 1. The van der Waals surface area contributed by atoms with Crippen molar-refractivity contribution in [2.24, 2.45) is 0 Å². The quantitative estimate of drug-likeness (QED) is 0.752. The lowest BCUT2D eigenvalue weighted by Crippen LogP contribution is -2.41. The van der Waals surface area contributed by atoms with Crippen molar-refractivity contribution in [3.05, 3.63) is 28.5 Å². The van der Waals surface area contributed by atoms with Crippen LogP contribution < -0.4 is 5.32 Å². The Labute approximate surface area is 128 Å². The maximum atomic E-state index is 12.1. The van der Waals surface area contributed by atoms with Crippen LogP contribution in [0, 0.1) is 0 Å². The molecule has 0 aliphatic rings. The van der Waals surface area contributed by atoms with Crippen molar-refractivity contribution in [1.82, 2.24) is 10.3 Å². The molecular formula is C14H19ClN2O4. The third-order valence-electron chi connectivity index (χ3n) is 2.88. The number of ether oxygens (including phenoxy) is 1. The van der Waals surface area contributed by atoms with Gasteiger partial charge in [0.2, 0.25) is 0 Å². The van der Waals surface area contributed by atoms with Crippen LogP contribution in [0.5, 0.6) is 0 Å². The summed E-state index contributed by atoms with van der Waals surface area (Å²) in [6.07, 6.45) is 0.188. The SMILES string of the molecule is COCCC(NC(=O)c1cc(Cl)nc(C(C)C)c1)C(=O)O. The molecule has 1 rings (SSSR count). The van der Waals surface area contributed by atoms with Crippen molar-refractivity contribution in [2.45, 2.75) is 32.2 Å². The molecule has 1 aromatic rings. The zero-order valence-corrected chi connectivity index (χ0v) is 13.0. The first-order valence-electron chi connectivity index (χ1n) is 6.55. The summed E-state index contributed by atoms with van der Waals surface area (Å²) in [5.74, 6) is -1.49. The molecule has 0 radical (unpaired) electrons. The van der Waals surface area contributed by atoms with Gasteiger partial charge >= 0.3 is 5.97 Å². The molecule has 0 aliphatic heterocycles. The predicted molar refractivity (Wildman–Crippen MR) is 78.7 cm³/mol. The lowest BCUT2D eigenvalue weighted by Gasteiger charge is -2.15. The van der Waals surface area contributed by atoms with E-state index in [4.69, 9.17) is 21.4 Å². The number of halogens is 1. The maximum Gasteiger partial charge on any atom is 0.326 e. The minimum Gasteiger partial charge on any atom is -0.480 e. The third kappa shape index (κ3) is 5.32. The summed E-state index contributed by atoms with van der Waals surface area (Å²) < 4.78 is 4.83. The van der Waals surface area contributed by atoms with Gasteiger partial charge in [0.05, 0.1) is 0 Å². The number of carboxylic acid groups (broad SMARTS) is 1. The molecule has 0 saturated heterocycles. The van der Waals surface area contributed by atoms with Crippen molar-refractivity contribution in [2.75, 3.05) is 13.7 Å². The van der Waals surface area contributed by atoms with E-state index in [0.717, 1.165) is 0 Å². The van der Waals surface area contributed by atoms with Crippen molar-refractivity contribution in [1.29, 1.82) is 0 Å². The van der Waals surface area contributed by atoms with Gasteiger partial charge in [-0.2, -0.15) is 0 Å². The second-order valence-corrected chi connectivity index (χ2v) is 5.29. The molecule has 1 heterocycles. The van der Waals surface area contributed by atoms with Gasteiger partial charge in [0, 0.05) is 31.4 Å². The minimum absolute atomic E-state index is 0.110. The molecule has 21 heavy (non-hydrogen) atoms. The van der Waals surface area contributed by atoms with Crippen LogP contribution in [-0.4, -0.2) is 41.7 Å². The second-order valence-electron chi connectivity index (χ2n) is 4.90. The van der Waals surface area contributed by atoms with Crippen molar-refractivity contribution >= 4 is 23.5 Å². The molecule has 2 N–H and O–H groups in total. The Bertz CT molecular complexity index is 520. The average molecular weight is 315 g/mol. The first-order valence-corrected chi connectivity index (χ1v) is 6.93. The lowest BCUT2D eigenvalue weighted by atomic mass is 10.1. The number of hydrogen-bond donors (Lipinski definition) is 2. The number of carboxylic acids is 1. The normalized spacial score (nSPS) is 12.2. The van der Waals surface area contributed by atoms with Crippen LogP contribution in [-0.2, 0) is 9.53 Å². The zero-order valence-electron chi connectivity index (χ0n) is 12.2. The summed E-state index contributed by atoms with van der Waals surface area (Å²) in [6.45, 7) is 4.10. The molecule has 7 heteroatoms.